The molecular formula is C13H19FN2O2. The molecule has 5 heteroatoms. The van der Waals surface area contributed by atoms with Gasteiger partial charge < -0.3 is 21.0 Å². The average Bonchev–Trinajstić information content (AvgIpc) is 2.44. The minimum Gasteiger partial charge on any atom is -0.489 e. The van der Waals surface area contributed by atoms with E-state index in [-0.39, 0.29) is 13.2 Å². The Morgan fingerprint density at radius 3 is 2.39 bits per heavy atom. The highest BCUT2D eigenvalue weighted by Gasteiger charge is 1.98. The van der Waals surface area contributed by atoms with E-state index >= 15 is 0 Å². The van der Waals surface area contributed by atoms with Crippen LogP contribution in [-0.4, -0.2) is 26.5 Å². The number of hydrogen-bond acceptors (Lipinski definition) is 4. The summed E-state index contributed by atoms with van der Waals surface area (Å²) in [5.74, 6) is 0.627. The molecule has 1 aromatic rings. The number of halogens is 1. The molecule has 100 valence electrons. The number of carbonyl (C=O) groups is 1. The molecule has 0 fully saturated rings. The van der Waals surface area contributed by atoms with Crippen LogP contribution in [0.4, 0.5) is 4.39 Å². The smallest absolute Gasteiger partial charge is 0.124 e. The van der Waals surface area contributed by atoms with Gasteiger partial charge in [-0.3, -0.25) is 0 Å². The molecule has 18 heavy (non-hydrogen) atoms. The van der Waals surface area contributed by atoms with Crippen molar-refractivity contribution in [1.82, 2.24) is 0 Å². The third kappa shape index (κ3) is 6.12. The number of rotatable bonds is 6. The number of hydrogen-bond donors (Lipinski definition) is 2. The summed E-state index contributed by atoms with van der Waals surface area (Å²) < 4.78 is 17.5. The predicted octanol–water partition coefficient (Wildman–Crippen LogP) is 1.19. The second kappa shape index (κ2) is 10.4. The number of ether oxygens (including phenoxy) is 1. The second-order valence-electron chi connectivity index (χ2n) is 3.27. The standard InChI is InChI=1S/C12H14FNO2.CH5N/c13-7-11(8-14)9-16-12-3-1-10(2-4-12)5-6-15;1-2/h1-4,6-7H,5,8-9,14H2;2H2,1H3/b11-7-;. The summed E-state index contributed by atoms with van der Waals surface area (Å²) in [7, 11) is 1.50. The van der Waals surface area contributed by atoms with Gasteiger partial charge >= 0.3 is 0 Å². The van der Waals surface area contributed by atoms with Gasteiger partial charge in [0.15, 0.2) is 0 Å². The first kappa shape index (κ1) is 16.3. The van der Waals surface area contributed by atoms with Crippen molar-refractivity contribution in [2.75, 3.05) is 20.2 Å². The molecule has 1 aromatic carbocycles. The lowest BCUT2D eigenvalue weighted by Gasteiger charge is -2.07. The maximum Gasteiger partial charge on any atom is 0.124 e. The largest absolute Gasteiger partial charge is 0.489 e. The van der Waals surface area contributed by atoms with Crippen molar-refractivity contribution in [2.24, 2.45) is 11.5 Å². The zero-order valence-corrected chi connectivity index (χ0v) is 10.4. The van der Waals surface area contributed by atoms with E-state index in [1.165, 1.54) is 7.05 Å². The van der Waals surface area contributed by atoms with Gasteiger partial charge in [0.25, 0.3) is 0 Å². The van der Waals surface area contributed by atoms with E-state index in [2.05, 4.69) is 5.73 Å². The molecule has 0 aliphatic carbocycles. The molecule has 0 aliphatic heterocycles. The molecule has 0 spiro atoms. The first-order valence-corrected chi connectivity index (χ1v) is 5.51. The Labute approximate surface area is 106 Å². The molecule has 0 saturated heterocycles. The highest BCUT2D eigenvalue weighted by Crippen LogP contribution is 2.13. The van der Waals surface area contributed by atoms with Crippen LogP contribution in [0.2, 0.25) is 0 Å². The van der Waals surface area contributed by atoms with E-state index in [1.807, 2.05) is 0 Å². The van der Waals surface area contributed by atoms with Crippen molar-refractivity contribution in [1.29, 1.82) is 0 Å². The van der Waals surface area contributed by atoms with Crippen molar-refractivity contribution in [3.63, 3.8) is 0 Å². The van der Waals surface area contributed by atoms with Crippen molar-refractivity contribution < 1.29 is 13.9 Å². The normalized spacial score (nSPS) is 10.3. The fraction of sp³-hybridized carbons (Fsp3) is 0.308. The molecule has 4 nitrogen and oxygen atoms in total. The van der Waals surface area contributed by atoms with Gasteiger partial charge in [0.2, 0.25) is 0 Å². The first-order chi connectivity index (χ1) is 8.80. The van der Waals surface area contributed by atoms with Crippen LogP contribution in [0, 0.1) is 0 Å². The fourth-order valence-electron chi connectivity index (χ4n) is 1.13. The van der Waals surface area contributed by atoms with E-state index in [1.54, 1.807) is 24.3 Å². The van der Waals surface area contributed by atoms with E-state index in [4.69, 9.17) is 10.5 Å². The predicted molar refractivity (Wildman–Crippen MR) is 70.1 cm³/mol. The molecule has 1 rings (SSSR count). The summed E-state index contributed by atoms with van der Waals surface area (Å²) in [6.07, 6.45) is 1.69. The lowest BCUT2D eigenvalue weighted by molar-refractivity contribution is -0.107. The molecule has 0 aliphatic rings. The maximum atomic E-state index is 12.2. The van der Waals surface area contributed by atoms with Crippen LogP contribution in [0.3, 0.4) is 0 Å². The Hall–Kier alpha value is -1.72. The summed E-state index contributed by atoms with van der Waals surface area (Å²) in [6.45, 7) is 0.278. The Morgan fingerprint density at radius 1 is 1.33 bits per heavy atom. The summed E-state index contributed by atoms with van der Waals surface area (Å²) in [6, 6.07) is 7.08. The van der Waals surface area contributed by atoms with Crippen LogP contribution >= 0.6 is 0 Å². The molecule has 4 N–H and O–H groups in total. The summed E-state index contributed by atoms with van der Waals surface area (Å²) in [5, 5.41) is 0. The number of benzene rings is 1. The van der Waals surface area contributed by atoms with E-state index in [0.29, 0.717) is 24.1 Å². The van der Waals surface area contributed by atoms with Gasteiger partial charge in [-0.25, -0.2) is 4.39 Å². The van der Waals surface area contributed by atoms with Gasteiger partial charge in [-0.1, -0.05) is 12.1 Å². The van der Waals surface area contributed by atoms with Crippen LogP contribution < -0.4 is 16.2 Å². The van der Waals surface area contributed by atoms with Gasteiger partial charge in [0.05, 0.1) is 6.33 Å². The zero-order chi connectivity index (χ0) is 13.8. The van der Waals surface area contributed by atoms with E-state index in [0.717, 1.165) is 11.8 Å². The molecule has 0 bridgehead atoms. The molecular weight excluding hydrogens is 235 g/mol. The van der Waals surface area contributed by atoms with Gasteiger partial charge in [-0.15, -0.1) is 0 Å². The van der Waals surface area contributed by atoms with Crippen LogP contribution in [0.25, 0.3) is 0 Å². The molecule has 0 atom stereocenters. The van der Waals surface area contributed by atoms with Crippen LogP contribution in [-0.2, 0) is 11.2 Å². The number of aldehydes is 1. The fourth-order valence-corrected chi connectivity index (χ4v) is 1.13. The van der Waals surface area contributed by atoms with Crippen molar-refractivity contribution in [2.45, 2.75) is 6.42 Å². The lowest BCUT2D eigenvalue weighted by Crippen LogP contribution is -2.10. The Balaban J connectivity index is 0.00000137. The molecule has 0 amide bonds. The van der Waals surface area contributed by atoms with Crippen LogP contribution in [0.15, 0.2) is 36.2 Å². The van der Waals surface area contributed by atoms with Gasteiger partial charge in [0, 0.05) is 18.5 Å². The quantitative estimate of drug-likeness (QED) is 0.747. The highest BCUT2D eigenvalue weighted by molar-refractivity contribution is 5.55. The molecule has 0 aromatic heterocycles. The molecule has 0 heterocycles. The number of carbonyl (C=O) groups excluding carboxylic acids is 1. The van der Waals surface area contributed by atoms with Gasteiger partial charge in [-0.05, 0) is 24.7 Å². The average molecular weight is 254 g/mol. The van der Waals surface area contributed by atoms with E-state index < -0.39 is 0 Å². The third-order valence-electron chi connectivity index (χ3n) is 2.08. The topological polar surface area (TPSA) is 78.3 Å². The van der Waals surface area contributed by atoms with E-state index in [9.17, 15) is 9.18 Å². The highest BCUT2D eigenvalue weighted by atomic mass is 19.1. The summed E-state index contributed by atoms with van der Waals surface area (Å²) in [5.41, 5.74) is 11.1. The first-order valence-electron chi connectivity index (χ1n) is 5.51. The Morgan fingerprint density at radius 2 is 1.94 bits per heavy atom. The minimum absolute atomic E-state index is 0.139. The monoisotopic (exact) mass is 254 g/mol. The third-order valence-corrected chi connectivity index (χ3v) is 2.08. The lowest BCUT2D eigenvalue weighted by atomic mass is 10.2. The maximum absolute atomic E-state index is 12.2. The summed E-state index contributed by atoms with van der Waals surface area (Å²) in [4.78, 5) is 10.3. The van der Waals surface area contributed by atoms with Crippen molar-refractivity contribution in [3.05, 3.63) is 41.7 Å². The Kier molecular flexibility index (Phi) is 9.44. The van der Waals surface area contributed by atoms with Crippen molar-refractivity contribution in [3.8, 4) is 5.75 Å². The van der Waals surface area contributed by atoms with Gasteiger partial charge in [-0.2, -0.15) is 0 Å². The molecule has 0 unspecified atom stereocenters. The minimum atomic E-state index is 0.139. The molecule has 0 saturated carbocycles. The number of nitrogens with two attached hydrogens (primary N) is 2. The van der Waals surface area contributed by atoms with Crippen LogP contribution in [0.1, 0.15) is 5.56 Å². The van der Waals surface area contributed by atoms with Crippen molar-refractivity contribution >= 4 is 6.29 Å². The summed E-state index contributed by atoms with van der Waals surface area (Å²) >= 11 is 0. The Bertz CT molecular complexity index is 364. The SMILES string of the molecule is CN.NC/C(=C/F)COc1ccc(CC=O)cc1. The van der Waals surface area contributed by atoms with Gasteiger partial charge in [0.1, 0.15) is 18.6 Å². The van der Waals surface area contributed by atoms with Crippen LogP contribution in [0.5, 0.6) is 5.75 Å². The zero-order valence-electron chi connectivity index (χ0n) is 10.4. The second-order valence-corrected chi connectivity index (χ2v) is 3.27. The molecule has 0 radical (unpaired) electrons.